The van der Waals surface area contributed by atoms with Crippen LogP contribution in [-0.2, 0) is 6.61 Å². The van der Waals surface area contributed by atoms with Crippen LogP contribution in [0.3, 0.4) is 0 Å². The van der Waals surface area contributed by atoms with Gasteiger partial charge in [0.25, 0.3) is 0 Å². The molecule has 0 saturated heterocycles. The molecule has 4 rings (SSSR count). The van der Waals surface area contributed by atoms with E-state index in [4.69, 9.17) is 24.8 Å². The second-order valence-electron chi connectivity index (χ2n) is 8.65. The molecule has 0 aliphatic carbocycles. The van der Waals surface area contributed by atoms with Crippen LogP contribution in [0.1, 0.15) is 37.4 Å². The van der Waals surface area contributed by atoms with E-state index >= 15 is 0 Å². The molecule has 0 saturated carbocycles. The Labute approximate surface area is 237 Å². The number of aliphatic hydroxyl groups excluding tert-OH is 1. The second-order valence-corrected chi connectivity index (χ2v) is 8.65. The molecule has 4 aromatic carbocycles. The van der Waals surface area contributed by atoms with Gasteiger partial charge in [0.15, 0.2) is 11.6 Å². The summed E-state index contributed by atoms with van der Waals surface area (Å²) < 4.78 is 10.3. The molecule has 0 atom stereocenters. The summed E-state index contributed by atoms with van der Waals surface area (Å²) in [5.74, 6) is 0.486. The summed E-state index contributed by atoms with van der Waals surface area (Å²) in [4.78, 5) is 24.1. The number of ether oxygens (including phenoxy) is 2. The Morgan fingerprint density at radius 3 is 1.73 bits per heavy atom. The van der Waals surface area contributed by atoms with Crippen molar-refractivity contribution in [3.8, 4) is 28.7 Å². The van der Waals surface area contributed by atoms with Crippen LogP contribution in [0.5, 0.6) is 28.7 Å². The van der Waals surface area contributed by atoms with Crippen LogP contribution in [0.25, 0.3) is 12.2 Å². The summed E-state index contributed by atoms with van der Waals surface area (Å²) in [6.45, 7) is -0.0908. The summed E-state index contributed by atoms with van der Waals surface area (Å²) in [6, 6.07) is 22.6. The molecule has 0 bridgehead atoms. The highest BCUT2D eigenvalue weighted by molar-refractivity contribution is 6.09. The van der Waals surface area contributed by atoms with E-state index in [9.17, 15) is 14.7 Å². The number of aliphatic hydroxyl groups is 1. The fraction of sp³-hybridized carbons (Fsp3) is 0.0909. The van der Waals surface area contributed by atoms with Gasteiger partial charge in [-0.05, 0) is 77.4 Å². The van der Waals surface area contributed by atoms with E-state index in [0.717, 1.165) is 22.9 Å². The first kappa shape index (κ1) is 30.2. The zero-order chi connectivity index (χ0) is 29.8. The number of benzene rings is 4. The van der Waals surface area contributed by atoms with E-state index in [2.05, 4.69) is 0 Å². The number of ketones is 2. The largest absolute Gasteiger partial charge is 0.508 e. The maximum absolute atomic E-state index is 12.3. The third-order valence-corrected chi connectivity index (χ3v) is 5.82. The molecule has 4 aromatic rings. The van der Waals surface area contributed by atoms with Crippen LogP contribution >= 0.6 is 0 Å². The highest BCUT2D eigenvalue weighted by atomic mass is 16.5. The number of methoxy groups -OCH3 is 2. The van der Waals surface area contributed by atoms with E-state index in [1.807, 2.05) is 24.3 Å². The maximum atomic E-state index is 12.3. The number of aromatic hydroxyl groups is 3. The monoisotopic (exact) mass is 554 g/mol. The van der Waals surface area contributed by atoms with Gasteiger partial charge in [0.05, 0.1) is 32.0 Å². The van der Waals surface area contributed by atoms with Gasteiger partial charge in [-0.15, -0.1) is 0 Å². The lowest BCUT2D eigenvalue weighted by atomic mass is 10.1. The molecule has 8 nitrogen and oxygen atoms in total. The fourth-order valence-electron chi connectivity index (χ4n) is 3.59. The minimum atomic E-state index is -0.370. The number of carbonyl (C=O) groups excluding carboxylic acids is 2. The lowest BCUT2D eigenvalue weighted by molar-refractivity contribution is 0.103. The van der Waals surface area contributed by atoms with Gasteiger partial charge in [0, 0.05) is 6.07 Å². The van der Waals surface area contributed by atoms with E-state index in [1.54, 1.807) is 49.6 Å². The number of rotatable bonds is 9. The summed E-state index contributed by atoms with van der Waals surface area (Å²) >= 11 is 0. The highest BCUT2D eigenvalue weighted by Gasteiger charge is 2.10. The number of phenolic OH excluding ortho intramolecular Hbond substituents is 3. The molecule has 0 heterocycles. The smallest absolute Gasteiger partial charge is 0.189 e. The Balaban J connectivity index is 0.000000228. The first-order valence-corrected chi connectivity index (χ1v) is 12.4. The SMILES string of the molecule is COc1ccc(/C=C/C(=O)c2ccc(CO)cc2OC)cc1.O=C(/C=C/c1ccc(O)cc1)c1ccc(O)cc1O. The molecule has 0 amide bonds. The Hall–Kier alpha value is -5.34. The first-order chi connectivity index (χ1) is 19.7. The predicted octanol–water partition coefficient (Wildman–Crippen LogP) is 5.79. The van der Waals surface area contributed by atoms with Crippen molar-refractivity contribution in [3.05, 3.63) is 125 Å². The Morgan fingerprint density at radius 1 is 0.659 bits per heavy atom. The number of hydrogen-bond acceptors (Lipinski definition) is 8. The average Bonchev–Trinajstić information content (AvgIpc) is 2.99. The van der Waals surface area contributed by atoms with Gasteiger partial charge in [0.2, 0.25) is 0 Å². The summed E-state index contributed by atoms with van der Waals surface area (Å²) in [5, 5.41) is 36.9. The van der Waals surface area contributed by atoms with Crippen molar-refractivity contribution >= 4 is 23.7 Å². The van der Waals surface area contributed by atoms with E-state index < -0.39 is 0 Å². The van der Waals surface area contributed by atoms with Crippen LogP contribution in [0.4, 0.5) is 0 Å². The normalized spacial score (nSPS) is 10.7. The van der Waals surface area contributed by atoms with E-state index in [0.29, 0.717) is 16.9 Å². The van der Waals surface area contributed by atoms with E-state index in [-0.39, 0.29) is 41.0 Å². The van der Waals surface area contributed by atoms with Crippen LogP contribution in [0.2, 0.25) is 0 Å². The molecule has 4 N–H and O–H groups in total. The lowest BCUT2D eigenvalue weighted by Crippen LogP contribution is -2.00. The van der Waals surface area contributed by atoms with Crippen LogP contribution < -0.4 is 9.47 Å². The third kappa shape index (κ3) is 8.84. The standard InChI is InChI=1S/C18H18O4.C15H12O4/c1-21-15-7-3-13(4-8-15)6-10-17(20)16-9-5-14(12-19)11-18(16)22-2;16-11-4-1-10(2-5-11)3-8-14(18)13-7-6-12(17)9-15(13)19/h3-11,19H,12H2,1-2H3;1-9,16-17,19H/b10-6+;8-3+. The first-order valence-electron chi connectivity index (χ1n) is 12.4. The van der Waals surface area contributed by atoms with Crippen molar-refractivity contribution in [1.29, 1.82) is 0 Å². The van der Waals surface area contributed by atoms with Gasteiger partial charge >= 0.3 is 0 Å². The summed E-state index contributed by atoms with van der Waals surface area (Å²) in [7, 11) is 3.11. The predicted molar refractivity (Wildman–Crippen MR) is 157 cm³/mol. The number of allylic oxidation sites excluding steroid dienone is 2. The van der Waals surface area contributed by atoms with Crippen molar-refractivity contribution < 1.29 is 39.5 Å². The zero-order valence-electron chi connectivity index (χ0n) is 22.5. The molecule has 0 aromatic heterocycles. The Morgan fingerprint density at radius 2 is 1.20 bits per heavy atom. The Kier molecular flexibility index (Phi) is 10.8. The minimum Gasteiger partial charge on any atom is -0.508 e. The molecule has 0 aliphatic heterocycles. The van der Waals surface area contributed by atoms with Crippen LogP contribution in [0, 0.1) is 0 Å². The summed E-state index contributed by atoms with van der Waals surface area (Å²) in [5.41, 5.74) is 2.94. The number of phenols is 3. The zero-order valence-corrected chi connectivity index (χ0v) is 22.5. The quantitative estimate of drug-likeness (QED) is 0.151. The molecule has 8 heteroatoms. The van der Waals surface area contributed by atoms with Gasteiger partial charge in [-0.25, -0.2) is 0 Å². The molecule has 0 radical (unpaired) electrons. The van der Waals surface area contributed by atoms with Crippen LogP contribution in [0.15, 0.2) is 97.1 Å². The number of carbonyl (C=O) groups is 2. The maximum Gasteiger partial charge on any atom is 0.189 e. The van der Waals surface area contributed by atoms with Crippen molar-refractivity contribution in [2.45, 2.75) is 6.61 Å². The topological polar surface area (TPSA) is 134 Å². The molecular weight excluding hydrogens is 524 g/mol. The average molecular weight is 555 g/mol. The molecule has 0 fully saturated rings. The molecule has 210 valence electrons. The summed E-state index contributed by atoms with van der Waals surface area (Å²) in [6.07, 6.45) is 6.13. The van der Waals surface area contributed by atoms with Crippen molar-refractivity contribution in [2.24, 2.45) is 0 Å². The van der Waals surface area contributed by atoms with E-state index in [1.165, 1.54) is 43.5 Å². The van der Waals surface area contributed by atoms with Crippen LogP contribution in [-0.4, -0.2) is 46.2 Å². The van der Waals surface area contributed by atoms with Gasteiger partial charge < -0.3 is 29.9 Å². The van der Waals surface area contributed by atoms with Gasteiger partial charge in [-0.3, -0.25) is 9.59 Å². The fourth-order valence-corrected chi connectivity index (χ4v) is 3.59. The second kappa shape index (κ2) is 14.7. The molecule has 41 heavy (non-hydrogen) atoms. The lowest BCUT2D eigenvalue weighted by Gasteiger charge is -2.07. The molecular formula is C33H30O8. The van der Waals surface area contributed by atoms with Gasteiger partial charge in [-0.2, -0.15) is 0 Å². The molecule has 0 spiro atoms. The highest BCUT2D eigenvalue weighted by Crippen LogP contribution is 2.24. The molecule has 0 unspecified atom stereocenters. The van der Waals surface area contributed by atoms with Crippen molar-refractivity contribution in [1.82, 2.24) is 0 Å². The minimum absolute atomic E-state index is 0.0908. The Bertz CT molecular complexity index is 1540. The van der Waals surface area contributed by atoms with Gasteiger partial charge in [0.1, 0.15) is 28.7 Å². The van der Waals surface area contributed by atoms with Gasteiger partial charge in [-0.1, -0.05) is 42.5 Å². The third-order valence-electron chi connectivity index (χ3n) is 5.82. The van der Waals surface area contributed by atoms with Crippen molar-refractivity contribution in [2.75, 3.05) is 14.2 Å². The van der Waals surface area contributed by atoms with Crippen molar-refractivity contribution in [3.63, 3.8) is 0 Å². The number of hydrogen-bond donors (Lipinski definition) is 4. The molecule has 0 aliphatic rings.